The van der Waals surface area contributed by atoms with Gasteiger partial charge in [-0.3, -0.25) is 0 Å². The molecule has 0 N–H and O–H groups in total. The van der Waals surface area contributed by atoms with Gasteiger partial charge in [-0.25, -0.2) is 0 Å². The van der Waals surface area contributed by atoms with Crippen molar-refractivity contribution in [3.05, 3.63) is 148 Å². The second-order valence-corrected chi connectivity index (χ2v) is 19.3. The molecule has 3 aromatic rings. The van der Waals surface area contributed by atoms with Crippen LogP contribution in [0.3, 0.4) is 0 Å². The fourth-order valence-corrected chi connectivity index (χ4v) is 5.70. The van der Waals surface area contributed by atoms with Gasteiger partial charge < -0.3 is 29.6 Å². The second-order valence-electron chi connectivity index (χ2n) is 9.93. The number of fused-ring (bicyclic) bond motifs is 2. The summed E-state index contributed by atoms with van der Waals surface area (Å²) in [5.74, 6) is 1.02. The predicted octanol–water partition coefficient (Wildman–Crippen LogP) is 2.25. The van der Waals surface area contributed by atoms with E-state index in [0.29, 0.717) is 0 Å². The first-order valence-electron chi connectivity index (χ1n) is 12.7. The Morgan fingerprint density at radius 1 is 0.872 bits per heavy atom. The molecule has 0 radical (unpaired) electrons. The number of hydrogen-bond donors (Lipinski definition) is 0. The molecule has 6 rings (SSSR count). The Morgan fingerprint density at radius 3 is 2.18 bits per heavy atom. The van der Waals surface area contributed by atoms with Gasteiger partial charge in [0.25, 0.3) is 0 Å². The minimum absolute atomic E-state index is 0. The standard InChI is InChI=1S/C32H25O.C2H6Si.2ClH.Zr/c1-22-19-25-10-8-18-32(30(25)20-22,26-11-4-3-5-12-26)31-28-13-7-6-9-24(28)21-29(31)23-14-16-27(33-2)17-15-23;1-3-2;;;/h3-18,20-21,31H,1-2H3;1-2H3;2*1H;/q-1;;;;+2/p-2. The zero-order valence-corrected chi connectivity index (χ0v) is 27.6. The Kier molecular flexibility index (Phi) is 10.8. The van der Waals surface area contributed by atoms with Gasteiger partial charge in [-0.15, -0.1) is 29.4 Å². The van der Waals surface area contributed by atoms with Crippen molar-refractivity contribution in [2.75, 3.05) is 7.11 Å². The third-order valence-corrected chi connectivity index (χ3v) is 7.11. The molecule has 0 fully saturated rings. The number of hydrogen-bond acceptors (Lipinski definition) is 1. The van der Waals surface area contributed by atoms with Crippen molar-refractivity contribution in [3.8, 4) is 5.75 Å². The van der Waals surface area contributed by atoms with Crippen molar-refractivity contribution in [1.29, 1.82) is 0 Å². The third kappa shape index (κ3) is 6.13. The van der Waals surface area contributed by atoms with Gasteiger partial charge >= 0.3 is 41.9 Å². The van der Waals surface area contributed by atoms with Crippen molar-refractivity contribution < 1.29 is 52.9 Å². The average Bonchev–Trinajstić information content (AvgIpc) is 3.49. The van der Waals surface area contributed by atoms with E-state index in [9.17, 15) is 0 Å². The van der Waals surface area contributed by atoms with Crippen molar-refractivity contribution in [1.82, 2.24) is 0 Å². The van der Waals surface area contributed by atoms with E-state index in [4.69, 9.17) is 4.74 Å². The van der Waals surface area contributed by atoms with Crippen molar-refractivity contribution >= 4 is 17.1 Å². The molecule has 0 bridgehead atoms. The molecule has 0 aliphatic heterocycles. The van der Waals surface area contributed by atoms with Gasteiger partial charge in [-0.1, -0.05) is 85.8 Å². The van der Waals surface area contributed by atoms with Crippen LogP contribution in [0, 0.1) is 6.08 Å². The summed E-state index contributed by atoms with van der Waals surface area (Å²) in [7, 11) is 1.71. The Bertz CT molecular complexity index is 1500. The molecule has 2 atom stereocenters. The van der Waals surface area contributed by atoms with E-state index in [0.717, 1.165) is 5.75 Å². The Labute approximate surface area is 260 Å². The summed E-state index contributed by atoms with van der Waals surface area (Å²) in [6.07, 6.45) is 15.1. The zero-order valence-electron chi connectivity index (χ0n) is 22.6. The Hall–Kier alpha value is -2.16. The summed E-state index contributed by atoms with van der Waals surface area (Å²) < 4.78 is 5.44. The van der Waals surface area contributed by atoms with E-state index in [1.165, 1.54) is 44.5 Å². The molecule has 39 heavy (non-hydrogen) atoms. The second kappa shape index (κ2) is 13.5. The van der Waals surface area contributed by atoms with Crippen LogP contribution in [0.25, 0.3) is 11.6 Å². The van der Waals surface area contributed by atoms with Crippen LogP contribution >= 0.6 is 0 Å². The third-order valence-electron chi connectivity index (χ3n) is 7.11. The van der Waals surface area contributed by atoms with Crippen LogP contribution in [0.5, 0.6) is 5.75 Å². The maximum absolute atomic E-state index is 5.44. The smallest absolute Gasteiger partial charge is 1.00 e. The first-order chi connectivity index (χ1) is 17.9. The van der Waals surface area contributed by atoms with E-state index in [1.807, 2.05) is 0 Å². The molecular formula is C34H31Cl2OSiZr-. The summed E-state index contributed by atoms with van der Waals surface area (Å²) in [5, 5.41) is 0. The summed E-state index contributed by atoms with van der Waals surface area (Å²) in [6.45, 7) is 6.76. The molecule has 5 heteroatoms. The largest absolute Gasteiger partial charge is 1.00 e. The van der Waals surface area contributed by atoms with Crippen LogP contribution in [-0.4, -0.2) is 12.5 Å². The van der Waals surface area contributed by atoms with Crippen LogP contribution in [0.2, 0.25) is 13.1 Å². The Balaban J connectivity index is 0.000000658. The fourth-order valence-electron chi connectivity index (χ4n) is 5.70. The van der Waals surface area contributed by atoms with Crippen LogP contribution in [0.4, 0.5) is 0 Å². The Morgan fingerprint density at radius 2 is 1.51 bits per heavy atom. The topological polar surface area (TPSA) is 9.23 Å². The van der Waals surface area contributed by atoms with Crippen LogP contribution in [0.1, 0.15) is 35.1 Å². The molecule has 3 aliphatic rings. The van der Waals surface area contributed by atoms with Crippen LogP contribution < -0.4 is 29.6 Å². The molecule has 0 heterocycles. The van der Waals surface area contributed by atoms with Crippen molar-refractivity contribution in [2.45, 2.75) is 31.4 Å². The first kappa shape index (κ1) is 31.4. The number of methoxy groups -OCH3 is 1. The summed E-state index contributed by atoms with van der Waals surface area (Å²) in [5.41, 5.74) is 10.1. The minimum Gasteiger partial charge on any atom is -1.00 e. The molecule has 2 unspecified atom stereocenters. The van der Waals surface area contributed by atoms with E-state index in [1.54, 1.807) is 30.4 Å². The molecule has 0 saturated carbocycles. The van der Waals surface area contributed by atoms with Crippen molar-refractivity contribution in [2.24, 2.45) is 0 Å². The molecular weight excluding hydrogens is 615 g/mol. The first-order valence-corrected chi connectivity index (χ1v) is 18.9. The maximum Gasteiger partial charge on any atom is -1.00 e. The molecule has 3 aliphatic carbocycles. The number of ether oxygens (including phenoxy) is 1. The molecule has 0 saturated heterocycles. The van der Waals surface area contributed by atoms with Gasteiger partial charge in [-0.2, -0.15) is 11.6 Å². The summed E-state index contributed by atoms with van der Waals surface area (Å²) in [6, 6.07) is 28.3. The number of allylic oxidation sites excluding steroid dienone is 9. The zero-order chi connectivity index (χ0) is 26.0. The monoisotopic (exact) mass is 643 g/mol. The fraction of sp³-hybridized carbons (Fsp3) is 0.176. The minimum atomic E-state index is -0.325. The van der Waals surface area contributed by atoms with Crippen LogP contribution in [0.15, 0.2) is 120 Å². The van der Waals surface area contributed by atoms with E-state index in [2.05, 4.69) is 135 Å². The quantitative estimate of drug-likeness (QED) is 0.313. The average molecular weight is 646 g/mol. The van der Waals surface area contributed by atoms with Crippen molar-refractivity contribution in [3.63, 3.8) is 0 Å². The number of halogens is 2. The normalized spacial score (nSPS) is 19.9. The van der Waals surface area contributed by atoms with Gasteiger partial charge in [0, 0.05) is 11.3 Å². The molecule has 196 valence electrons. The molecule has 0 spiro atoms. The van der Waals surface area contributed by atoms with Gasteiger partial charge in [0.2, 0.25) is 0 Å². The van der Waals surface area contributed by atoms with Gasteiger partial charge in [0.1, 0.15) is 5.75 Å². The SMILES string of the molecule is COc1ccc(C2=Cc3ccccc3C2C2(c3ccccc3)C=CC=C3[C-]=C(C)C=C32)cc1.C[Si](C)=[Zr+2].[Cl-].[Cl-]. The van der Waals surface area contributed by atoms with E-state index >= 15 is 0 Å². The molecule has 1 nitrogen and oxygen atoms in total. The van der Waals surface area contributed by atoms with Gasteiger partial charge in [0.05, 0.1) is 7.11 Å². The van der Waals surface area contributed by atoms with Gasteiger partial charge in [-0.05, 0) is 40.0 Å². The predicted molar refractivity (Wildman–Crippen MR) is 153 cm³/mol. The van der Waals surface area contributed by atoms with E-state index < -0.39 is 0 Å². The number of benzene rings is 3. The van der Waals surface area contributed by atoms with E-state index in [-0.39, 0.29) is 41.6 Å². The summed E-state index contributed by atoms with van der Waals surface area (Å²) >= 11 is 1.74. The molecule has 3 aromatic carbocycles. The molecule has 0 aromatic heterocycles. The van der Waals surface area contributed by atoms with Crippen LogP contribution in [-0.2, 0) is 28.8 Å². The maximum atomic E-state index is 5.44. The summed E-state index contributed by atoms with van der Waals surface area (Å²) in [4.78, 5) is 0. The molecule has 0 amide bonds. The number of rotatable bonds is 4. The van der Waals surface area contributed by atoms with Gasteiger partial charge in [0.15, 0.2) is 0 Å².